The monoisotopic (exact) mass is 249 g/mol. The third-order valence-electron chi connectivity index (χ3n) is 2.89. The lowest BCUT2D eigenvalue weighted by atomic mass is 10.0. The van der Waals surface area contributed by atoms with E-state index in [4.69, 9.17) is 5.26 Å². The number of rotatable bonds is 3. The molecule has 0 aliphatic carbocycles. The first kappa shape index (κ1) is 12.2. The van der Waals surface area contributed by atoms with Crippen molar-refractivity contribution in [2.75, 3.05) is 18.8 Å². The molecule has 1 aliphatic rings. The van der Waals surface area contributed by atoms with E-state index in [0.717, 1.165) is 25.9 Å². The number of nitrogens with zero attached hydrogens (tertiary/aromatic N) is 2. The van der Waals surface area contributed by atoms with Crippen LogP contribution in [0.5, 0.6) is 0 Å². The smallest absolute Gasteiger partial charge is 0.144 e. The molecule has 4 nitrogen and oxygen atoms in total. The van der Waals surface area contributed by atoms with Gasteiger partial charge in [0.2, 0.25) is 0 Å². The molecular weight excluding hydrogens is 234 g/mol. The van der Waals surface area contributed by atoms with Gasteiger partial charge in [0.15, 0.2) is 0 Å². The Labute approximate surface area is 104 Å². The Bertz CT molecular complexity index is 449. The molecule has 0 amide bonds. The van der Waals surface area contributed by atoms with Crippen LogP contribution in [0.25, 0.3) is 0 Å². The van der Waals surface area contributed by atoms with Crippen LogP contribution in [0.3, 0.4) is 0 Å². The van der Waals surface area contributed by atoms with Crippen molar-refractivity contribution in [3.63, 3.8) is 0 Å². The van der Waals surface area contributed by atoms with E-state index in [1.165, 1.54) is 0 Å². The summed E-state index contributed by atoms with van der Waals surface area (Å²) in [4.78, 5) is 4.07. The molecule has 0 unspecified atom stereocenters. The number of hydrogen-bond acceptors (Lipinski definition) is 4. The maximum atomic E-state index is 12.2. The molecule has 2 heterocycles. The highest BCUT2D eigenvalue weighted by molar-refractivity contribution is 7.85. The maximum absolute atomic E-state index is 12.2. The molecule has 1 N–H and O–H groups in total. The summed E-state index contributed by atoms with van der Waals surface area (Å²) >= 11 is 0. The summed E-state index contributed by atoms with van der Waals surface area (Å²) in [5.41, 5.74) is 0.426. The van der Waals surface area contributed by atoms with Crippen LogP contribution in [0.15, 0.2) is 23.4 Å². The lowest BCUT2D eigenvalue weighted by Gasteiger charge is -2.21. The van der Waals surface area contributed by atoms with Crippen molar-refractivity contribution < 1.29 is 4.21 Å². The number of aromatic nitrogens is 1. The molecule has 17 heavy (non-hydrogen) atoms. The Kier molecular flexibility index (Phi) is 4.24. The molecule has 0 radical (unpaired) electrons. The zero-order valence-electron chi connectivity index (χ0n) is 9.56. The van der Waals surface area contributed by atoms with Crippen molar-refractivity contribution in [2.24, 2.45) is 5.92 Å². The molecule has 0 bridgehead atoms. The van der Waals surface area contributed by atoms with Gasteiger partial charge in [0.05, 0.1) is 16.4 Å². The van der Waals surface area contributed by atoms with Gasteiger partial charge in [-0.25, -0.2) is 4.98 Å². The van der Waals surface area contributed by atoms with Crippen LogP contribution in [-0.4, -0.2) is 28.0 Å². The second-order valence-corrected chi connectivity index (χ2v) is 5.60. The van der Waals surface area contributed by atoms with E-state index in [1.54, 1.807) is 18.3 Å². The fourth-order valence-electron chi connectivity index (χ4n) is 2.02. The molecule has 2 rings (SSSR count). The molecule has 1 aliphatic heterocycles. The second kappa shape index (κ2) is 5.89. The van der Waals surface area contributed by atoms with E-state index < -0.39 is 10.8 Å². The average Bonchev–Trinajstić information content (AvgIpc) is 2.40. The first-order chi connectivity index (χ1) is 8.31. The lowest BCUT2D eigenvalue weighted by molar-refractivity contribution is 0.408. The Morgan fingerprint density at radius 1 is 1.65 bits per heavy atom. The molecule has 90 valence electrons. The fourth-order valence-corrected chi connectivity index (χ4v) is 3.42. The van der Waals surface area contributed by atoms with Gasteiger partial charge in [-0.05, 0) is 44.0 Å². The Balaban J connectivity index is 2.06. The highest BCUT2D eigenvalue weighted by Gasteiger charge is 2.19. The van der Waals surface area contributed by atoms with Crippen molar-refractivity contribution in [2.45, 2.75) is 17.9 Å². The maximum Gasteiger partial charge on any atom is 0.144 e. The standard InChI is InChI=1S/C12H15N3OS/c13-7-11-4-2-6-15-12(11)17(16)9-10-3-1-5-14-8-10/h2,4,6,10,14H,1,3,5,8-9H2/t10-,17-/m0/s1. The molecule has 1 saturated heterocycles. The van der Waals surface area contributed by atoms with Crippen molar-refractivity contribution in [1.82, 2.24) is 10.3 Å². The number of piperidine rings is 1. The molecule has 5 heteroatoms. The summed E-state index contributed by atoms with van der Waals surface area (Å²) in [6.45, 7) is 1.97. The van der Waals surface area contributed by atoms with Crippen molar-refractivity contribution in [3.05, 3.63) is 23.9 Å². The lowest BCUT2D eigenvalue weighted by Crippen LogP contribution is -2.32. The van der Waals surface area contributed by atoms with E-state index in [0.29, 0.717) is 22.3 Å². The van der Waals surface area contributed by atoms with Gasteiger partial charge in [-0.15, -0.1) is 0 Å². The van der Waals surface area contributed by atoms with Gasteiger partial charge in [0.1, 0.15) is 11.1 Å². The zero-order chi connectivity index (χ0) is 12.1. The van der Waals surface area contributed by atoms with Crippen molar-refractivity contribution >= 4 is 10.8 Å². The highest BCUT2D eigenvalue weighted by Crippen LogP contribution is 2.16. The summed E-state index contributed by atoms with van der Waals surface area (Å²) in [5.74, 6) is 1.02. The molecular formula is C12H15N3OS. The number of nitriles is 1. The van der Waals surface area contributed by atoms with Crippen LogP contribution in [0, 0.1) is 17.2 Å². The second-order valence-electron chi connectivity index (χ2n) is 4.19. The summed E-state index contributed by atoms with van der Waals surface area (Å²) in [6, 6.07) is 5.40. The summed E-state index contributed by atoms with van der Waals surface area (Å²) in [7, 11) is -1.17. The summed E-state index contributed by atoms with van der Waals surface area (Å²) < 4.78 is 12.2. The van der Waals surface area contributed by atoms with Crippen LogP contribution in [0.1, 0.15) is 18.4 Å². The van der Waals surface area contributed by atoms with Crippen LogP contribution >= 0.6 is 0 Å². The first-order valence-electron chi connectivity index (χ1n) is 5.75. The molecule has 1 aromatic heterocycles. The van der Waals surface area contributed by atoms with Crippen LogP contribution in [0.2, 0.25) is 0 Å². The van der Waals surface area contributed by atoms with Gasteiger partial charge < -0.3 is 5.32 Å². The number of nitrogens with one attached hydrogen (secondary N) is 1. The van der Waals surface area contributed by atoms with Gasteiger partial charge in [-0.3, -0.25) is 4.21 Å². The quantitative estimate of drug-likeness (QED) is 0.870. The predicted molar refractivity (Wildman–Crippen MR) is 65.8 cm³/mol. The first-order valence-corrected chi connectivity index (χ1v) is 7.07. The van der Waals surface area contributed by atoms with Crippen molar-refractivity contribution in [1.29, 1.82) is 5.26 Å². The van der Waals surface area contributed by atoms with Crippen molar-refractivity contribution in [3.8, 4) is 6.07 Å². The van der Waals surface area contributed by atoms with Gasteiger partial charge in [-0.2, -0.15) is 5.26 Å². The van der Waals surface area contributed by atoms with E-state index in [-0.39, 0.29) is 0 Å². The minimum atomic E-state index is -1.17. The minimum absolute atomic E-state index is 0.426. The third kappa shape index (κ3) is 3.11. The molecule has 2 atom stereocenters. The van der Waals surface area contributed by atoms with Crippen LogP contribution in [0.4, 0.5) is 0 Å². The zero-order valence-corrected chi connectivity index (χ0v) is 10.4. The van der Waals surface area contributed by atoms with E-state index in [9.17, 15) is 4.21 Å². The third-order valence-corrected chi connectivity index (χ3v) is 4.42. The normalized spacial score (nSPS) is 21.7. The van der Waals surface area contributed by atoms with E-state index >= 15 is 0 Å². The van der Waals surface area contributed by atoms with Gasteiger partial charge in [0.25, 0.3) is 0 Å². The summed E-state index contributed by atoms with van der Waals surface area (Å²) in [5, 5.41) is 12.7. The Hall–Kier alpha value is -1.25. The molecule has 1 aromatic rings. The van der Waals surface area contributed by atoms with Gasteiger partial charge in [-0.1, -0.05) is 0 Å². The van der Waals surface area contributed by atoms with Crippen LogP contribution < -0.4 is 5.32 Å². The molecule has 0 saturated carbocycles. The fraction of sp³-hybridized carbons (Fsp3) is 0.500. The molecule has 1 fully saturated rings. The van der Waals surface area contributed by atoms with E-state index in [1.807, 2.05) is 6.07 Å². The van der Waals surface area contributed by atoms with Crippen LogP contribution in [-0.2, 0) is 10.8 Å². The average molecular weight is 249 g/mol. The Morgan fingerprint density at radius 2 is 2.53 bits per heavy atom. The summed E-state index contributed by atoms with van der Waals surface area (Å²) in [6.07, 6.45) is 3.83. The number of hydrogen-bond donors (Lipinski definition) is 1. The largest absolute Gasteiger partial charge is 0.316 e. The Morgan fingerprint density at radius 3 is 3.24 bits per heavy atom. The minimum Gasteiger partial charge on any atom is -0.316 e. The molecule has 0 aromatic carbocycles. The van der Waals surface area contributed by atoms with Gasteiger partial charge in [0, 0.05) is 11.9 Å². The number of pyridine rings is 1. The van der Waals surface area contributed by atoms with Gasteiger partial charge >= 0.3 is 0 Å². The van der Waals surface area contributed by atoms with E-state index in [2.05, 4.69) is 10.3 Å². The SMILES string of the molecule is N#Cc1cccnc1[S@@](=O)C[C@H]1CCCNC1. The predicted octanol–water partition coefficient (Wildman–Crippen LogP) is 1.06. The topological polar surface area (TPSA) is 65.8 Å². The highest BCUT2D eigenvalue weighted by atomic mass is 32.2. The molecule has 0 spiro atoms.